The monoisotopic (exact) mass is 258 g/mol. The summed E-state index contributed by atoms with van der Waals surface area (Å²) >= 11 is 0. The molecular weight excluding hydrogens is 236 g/mol. The Morgan fingerprint density at radius 1 is 1.28 bits per heavy atom. The molecule has 1 fully saturated rings. The van der Waals surface area contributed by atoms with Crippen LogP contribution in [0.4, 0.5) is 4.79 Å². The van der Waals surface area contributed by atoms with E-state index >= 15 is 0 Å². The second-order valence-corrected chi connectivity index (χ2v) is 4.70. The molecule has 1 aliphatic carbocycles. The third-order valence-electron chi connectivity index (χ3n) is 3.31. The number of amides is 2. The lowest BCUT2D eigenvalue weighted by molar-refractivity contribution is -0.137. The topological polar surface area (TPSA) is 81.1 Å². The number of nitrogens with zero attached hydrogens (tertiary/aromatic N) is 2. The van der Waals surface area contributed by atoms with Crippen molar-refractivity contribution >= 4 is 12.0 Å². The summed E-state index contributed by atoms with van der Waals surface area (Å²) in [6.45, 7) is 0.748. The molecule has 1 rings (SSSR count). The quantitative estimate of drug-likeness (QED) is 0.706. The summed E-state index contributed by atoms with van der Waals surface area (Å²) in [5, 5.41) is 17.5. The molecule has 0 heterocycles. The number of carbonyl (C=O) groups excluding carboxylic acids is 1. The number of carbonyl (C=O) groups is 2. The maximum atomic E-state index is 12.1. The van der Waals surface area contributed by atoms with Crippen LogP contribution in [0.2, 0.25) is 0 Å². The van der Waals surface area contributed by atoms with Crippen LogP contribution >= 0.6 is 0 Å². The van der Waals surface area contributed by atoms with Crippen LogP contribution in [0.1, 0.15) is 32.1 Å². The van der Waals surface area contributed by atoms with Crippen molar-refractivity contribution in [1.29, 1.82) is 0 Å². The molecule has 0 aliphatic heterocycles. The van der Waals surface area contributed by atoms with Gasteiger partial charge in [-0.25, -0.2) is 4.79 Å². The Labute approximate surface area is 107 Å². The lowest BCUT2D eigenvalue weighted by Crippen LogP contribution is -2.50. The zero-order valence-electron chi connectivity index (χ0n) is 10.8. The molecule has 1 saturated carbocycles. The average Bonchev–Trinajstić information content (AvgIpc) is 2.24. The molecule has 2 N–H and O–H groups in total. The van der Waals surface area contributed by atoms with Gasteiger partial charge in [0.1, 0.15) is 0 Å². The van der Waals surface area contributed by atoms with Crippen LogP contribution in [0.25, 0.3) is 0 Å². The highest BCUT2D eigenvalue weighted by Gasteiger charge is 2.29. The second-order valence-electron chi connectivity index (χ2n) is 4.70. The van der Waals surface area contributed by atoms with Crippen LogP contribution in [0, 0.1) is 0 Å². The SMILES string of the molecule is CN(CCCC(=O)O)C(=O)N(CCO)C1CCC1. The molecular formula is C12H22N2O4. The van der Waals surface area contributed by atoms with E-state index in [2.05, 4.69) is 0 Å². The van der Waals surface area contributed by atoms with Gasteiger partial charge in [-0.3, -0.25) is 4.79 Å². The Balaban J connectivity index is 2.40. The van der Waals surface area contributed by atoms with Crippen molar-refractivity contribution in [3.05, 3.63) is 0 Å². The molecule has 0 unspecified atom stereocenters. The number of rotatable bonds is 7. The molecule has 0 aromatic carbocycles. The fourth-order valence-electron chi connectivity index (χ4n) is 2.02. The van der Waals surface area contributed by atoms with Crippen molar-refractivity contribution in [3.8, 4) is 0 Å². The summed E-state index contributed by atoms with van der Waals surface area (Å²) in [5.74, 6) is -0.845. The third-order valence-corrected chi connectivity index (χ3v) is 3.31. The molecule has 6 nitrogen and oxygen atoms in total. The van der Waals surface area contributed by atoms with E-state index in [1.54, 1.807) is 11.9 Å². The fourth-order valence-corrected chi connectivity index (χ4v) is 2.02. The van der Waals surface area contributed by atoms with Crippen LogP contribution in [-0.4, -0.2) is 64.8 Å². The first-order valence-corrected chi connectivity index (χ1v) is 6.40. The van der Waals surface area contributed by atoms with E-state index in [4.69, 9.17) is 10.2 Å². The third kappa shape index (κ3) is 4.18. The first kappa shape index (κ1) is 14.8. The Kier molecular flexibility index (Phi) is 5.91. The lowest BCUT2D eigenvalue weighted by atomic mass is 9.91. The first-order valence-electron chi connectivity index (χ1n) is 6.40. The molecule has 0 aromatic heterocycles. The molecule has 6 heteroatoms. The molecule has 18 heavy (non-hydrogen) atoms. The van der Waals surface area contributed by atoms with Crippen molar-refractivity contribution < 1.29 is 19.8 Å². The van der Waals surface area contributed by atoms with Gasteiger partial charge < -0.3 is 20.0 Å². The van der Waals surface area contributed by atoms with E-state index < -0.39 is 5.97 Å². The number of aliphatic hydroxyl groups is 1. The second kappa shape index (κ2) is 7.20. The molecule has 0 saturated heterocycles. The zero-order valence-corrected chi connectivity index (χ0v) is 10.8. The van der Waals surface area contributed by atoms with Gasteiger partial charge in [0, 0.05) is 32.6 Å². The molecule has 104 valence electrons. The van der Waals surface area contributed by atoms with Gasteiger partial charge in [0.25, 0.3) is 0 Å². The summed E-state index contributed by atoms with van der Waals surface area (Å²) in [5.41, 5.74) is 0. The van der Waals surface area contributed by atoms with Crippen molar-refractivity contribution in [3.63, 3.8) is 0 Å². The Bertz CT molecular complexity index is 292. The first-order chi connectivity index (χ1) is 8.56. The van der Waals surface area contributed by atoms with Crippen molar-refractivity contribution in [2.45, 2.75) is 38.1 Å². The largest absolute Gasteiger partial charge is 0.481 e. The number of carboxylic acids is 1. The van der Waals surface area contributed by atoms with Crippen molar-refractivity contribution in [2.75, 3.05) is 26.7 Å². The van der Waals surface area contributed by atoms with Crippen LogP contribution in [-0.2, 0) is 4.79 Å². The molecule has 0 atom stereocenters. The summed E-state index contributed by atoms with van der Waals surface area (Å²) in [4.78, 5) is 25.8. The van der Waals surface area contributed by atoms with Gasteiger partial charge in [-0.05, 0) is 25.7 Å². The van der Waals surface area contributed by atoms with Gasteiger partial charge in [-0.2, -0.15) is 0 Å². The highest BCUT2D eigenvalue weighted by Crippen LogP contribution is 2.25. The number of hydrogen-bond donors (Lipinski definition) is 2. The van der Waals surface area contributed by atoms with Gasteiger partial charge in [-0.1, -0.05) is 0 Å². The van der Waals surface area contributed by atoms with E-state index in [1.807, 2.05) is 0 Å². The van der Waals surface area contributed by atoms with Gasteiger partial charge in [0.2, 0.25) is 0 Å². The minimum Gasteiger partial charge on any atom is -0.481 e. The van der Waals surface area contributed by atoms with Crippen LogP contribution in [0.3, 0.4) is 0 Å². The van der Waals surface area contributed by atoms with Crippen molar-refractivity contribution in [2.24, 2.45) is 0 Å². The van der Waals surface area contributed by atoms with E-state index in [1.165, 1.54) is 4.90 Å². The summed E-state index contributed by atoms with van der Waals surface area (Å²) in [6.07, 6.45) is 3.64. The smallest absolute Gasteiger partial charge is 0.320 e. The van der Waals surface area contributed by atoms with Gasteiger partial charge in [0.05, 0.1) is 6.61 Å². The van der Waals surface area contributed by atoms with E-state index in [-0.39, 0.29) is 25.1 Å². The predicted octanol–water partition coefficient (Wildman–Crippen LogP) is 0.750. The summed E-state index contributed by atoms with van der Waals surface area (Å²) < 4.78 is 0. The van der Waals surface area contributed by atoms with Gasteiger partial charge >= 0.3 is 12.0 Å². The zero-order chi connectivity index (χ0) is 13.5. The van der Waals surface area contributed by atoms with Crippen LogP contribution in [0.15, 0.2) is 0 Å². The normalized spacial score (nSPS) is 15.0. The van der Waals surface area contributed by atoms with E-state index in [9.17, 15) is 9.59 Å². The number of aliphatic carboxylic acids is 1. The minimum absolute atomic E-state index is 0.0365. The number of aliphatic hydroxyl groups excluding tert-OH is 1. The fraction of sp³-hybridized carbons (Fsp3) is 0.833. The van der Waals surface area contributed by atoms with E-state index in [0.29, 0.717) is 19.5 Å². The van der Waals surface area contributed by atoms with Gasteiger partial charge in [-0.15, -0.1) is 0 Å². The standard InChI is InChI=1S/C12H22N2O4/c1-13(7-3-6-11(16)17)12(18)14(8-9-15)10-4-2-5-10/h10,15H,2-9H2,1H3,(H,16,17). The lowest BCUT2D eigenvalue weighted by Gasteiger charge is -2.39. The Morgan fingerprint density at radius 3 is 2.39 bits per heavy atom. The number of hydrogen-bond acceptors (Lipinski definition) is 3. The van der Waals surface area contributed by atoms with Crippen LogP contribution < -0.4 is 0 Å². The molecule has 0 spiro atoms. The molecule has 2 amide bonds. The van der Waals surface area contributed by atoms with Crippen LogP contribution in [0.5, 0.6) is 0 Å². The highest BCUT2D eigenvalue weighted by atomic mass is 16.4. The Morgan fingerprint density at radius 2 is 1.94 bits per heavy atom. The van der Waals surface area contributed by atoms with Crippen molar-refractivity contribution in [1.82, 2.24) is 9.80 Å². The molecule has 1 aliphatic rings. The van der Waals surface area contributed by atoms with Gasteiger partial charge in [0.15, 0.2) is 0 Å². The number of urea groups is 1. The maximum Gasteiger partial charge on any atom is 0.320 e. The maximum absolute atomic E-state index is 12.1. The molecule has 0 aromatic rings. The number of carboxylic acid groups (broad SMARTS) is 1. The average molecular weight is 258 g/mol. The minimum atomic E-state index is -0.845. The Hall–Kier alpha value is -1.30. The van der Waals surface area contributed by atoms with E-state index in [0.717, 1.165) is 19.3 Å². The summed E-state index contributed by atoms with van der Waals surface area (Å²) in [7, 11) is 1.67. The highest BCUT2D eigenvalue weighted by molar-refractivity contribution is 5.74. The molecule has 0 radical (unpaired) electrons. The summed E-state index contributed by atoms with van der Waals surface area (Å²) in [6, 6.07) is 0.130. The predicted molar refractivity (Wildman–Crippen MR) is 66.3 cm³/mol. The molecule has 0 bridgehead atoms.